The number of para-hydroxylation sites is 1. The zero-order chi connectivity index (χ0) is 18.4. The smallest absolute Gasteiger partial charge is 0.339 e. The number of rotatable bonds is 5. The number of amides is 1. The zero-order valence-corrected chi connectivity index (χ0v) is 14.3. The Bertz CT molecular complexity index is 855. The van der Waals surface area contributed by atoms with Gasteiger partial charge in [-0.2, -0.15) is 5.26 Å². The van der Waals surface area contributed by atoms with Crippen LogP contribution >= 0.6 is 0 Å². The molecule has 1 aliphatic heterocycles. The number of hydrogen-bond acceptors (Lipinski definition) is 7. The molecule has 2 N–H and O–H groups in total. The molecule has 0 bridgehead atoms. The molecule has 2 rings (SSSR count). The van der Waals surface area contributed by atoms with Crippen LogP contribution in [0.15, 0.2) is 36.0 Å². The lowest BCUT2D eigenvalue weighted by molar-refractivity contribution is -0.112. The minimum absolute atomic E-state index is 0.0327. The average Bonchev–Trinajstić information content (AvgIpc) is 2.94. The van der Waals surface area contributed by atoms with Gasteiger partial charge >= 0.3 is 5.97 Å². The monoisotopic (exact) mass is 363 g/mol. The van der Waals surface area contributed by atoms with E-state index in [1.165, 1.54) is 25.4 Å². The van der Waals surface area contributed by atoms with Gasteiger partial charge in [0.2, 0.25) is 0 Å². The maximum atomic E-state index is 12.2. The van der Waals surface area contributed by atoms with E-state index in [1.54, 1.807) is 18.2 Å². The quantitative estimate of drug-likeness (QED) is 0.446. The van der Waals surface area contributed by atoms with Gasteiger partial charge in [-0.05, 0) is 18.6 Å². The molecule has 0 aromatic heterocycles. The fourth-order valence-corrected chi connectivity index (χ4v) is 4.03. The van der Waals surface area contributed by atoms with Crippen molar-refractivity contribution < 1.29 is 22.7 Å². The van der Waals surface area contributed by atoms with Crippen LogP contribution in [-0.4, -0.2) is 45.0 Å². The number of benzene rings is 1. The van der Waals surface area contributed by atoms with Gasteiger partial charge in [0.25, 0.3) is 5.91 Å². The molecule has 1 amide bonds. The number of carbonyl (C=O) groups is 2. The van der Waals surface area contributed by atoms with Gasteiger partial charge in [0, 0.05) is 12.2 Å². The van der Waals surface area contributed by atoms with Gasteiger partial charge in [0.05, 0.1) is 29.9 Å². The van der Waals surface area contributed by atoms with Crippen LogP contribution in [0.25, 0.3) is 0 Å². The third-order valence-electron chi connectivity index (χ3n) is 3.64. The molecule has 8 nitrogen and oxygen atoms in total. The molecule has 25 heavy (non-hydrogen) atoms. The Hall–Kier alpha value is -2.86. The van der Waals surface area contributed by atoms with Crippen molar-refractivity contribution in [3.8, 4) is 6.07 Å². The van der Waals surface area contributed by atoms with E-state index in [0.717, 1.165) is 0 Å². The molecule has 1 atom stereocenters. The van der Waals surface area contributed by atoms with Gasteiger partial charge in [-0.15, -0.1) is 0 Å². The normalized spacial score (nSPS) is 18.9. The van der Waals surface area contributed by atoms with Crippen molar-refractivity contribution in [2.75, 3.05) is 23.9 Å². The molecular weight excluding hydrogens is 346 g/mol. The van der Waals surface area contributed by atoms with E-state index < -0.39 is 21.7 Å². The molecule has 1 unspecified atom stereocenters. The van der Waals surface area contributed by atoms with Gasteiger partial charge in [-0.3, -0.25) is 4.79 Å². The summed E-state index contributed by atoms with van der Waals surface area (Å²) in [6.45, 7) is 0. The lowest BCUT2D eigenvalue weighted by Crippen LogP contribution is -2.27. The summed E-state index contributed by atoms with van der Waals surface area (Å²) >= 11 is 0. The number of methoxy groups -OCH3 is 1. The highest BCUT2D eigenvalue weighted by atomic mass is 32.2. The number of nitrogens with one attached hydrogen (secondary N) is 2. The maximum Gasteiger partial charge on any atom is 0.339 e. The van der Waals surface area contributed by atoms with Gasteiger partial charge < -0.3 is 15.4 Å². The summed E-state index contributed by atoms with van der Waals surface area (Å²) in [5.74, 6) is -1.28. The van der Waals surface area contributed by atoms with Crippen molar-refractivity contribution in [1.29, 1.82) is 5.26 Å². The zero-order valence-electron chi connectivity index (χ0n) is 13.5. The van der Waals surface area contributed by atoms with Crippen LogP contribution < -0.4 is 10.6 Å². The fraction of sp³-hybridized carbons (Fsp3) is 0.312. The van der Waals surface area contributed by atoms with Crippen LogP contribution in [0.4, 0.5) is 5.69 Å². The SMILES string of the molecule is COC(=O)c1ccccc1NC(=O)/C(C#N)=C\NC1CCS(=O)(=O)C1. The summed E-state index contributed by atoms with van der Waals surface area (Å²) in [7, 11) is -1.84. The predicted octanol–water partition coefficient (Wildman–Crippen LogP) is 0.596. The molecule has 1 aliphatic rings. The molecular formula is C16H17N3O5S. The van der Waals surface area contributed by atoms with E-state index in [0.29, 0.717) is 6.42 Å². The summed E-state index contributed by atoms with van der Waals surface area (Å²) in [5.41, 5.74) is 0.137. The molecule has 1 aromatic rings. The fourth-order valence-electron chi connectivity index (χ4n) is 2.35. The summed E-state index contributed by atoms with van der Waals surface area (Å²) in [5, 5.41) is 14.4. The van der Waals surface area contributed by atoms with E-state index in [9.17, 15) is 18.0 Å². The molecule has 132 valence electrons. The topological polar surface area (TPSA) is 125 Å². The first kappa shape index (κ1) is 18.5. The molecule has 1 aromatic carbocycles. The Morgan fingerprint density at radius 3 is 2.68 bits per heavy atom. The summed E-state index contributed by atoms with van der Waals surface area (Å²) in [6.07, 6.45) is 1.62. The molecule has 0 radical (unpaired) electrons. The van der Waals surface area contributed by atoms with E-state index in [4.69, 9.17) is 5.26 Å². The molecule has 1 heterocycles. The number of carbonyl (C=O) groups excluding carboxylic acids is 2. The van der Waals surface area contributed by atoms with Crippen molar-refractivity contribution in [1.82, 2.24) is 5.32 Å². The average molecular weight is 363 g/mol. The van der Waals surface area contributed by atoms with Gasteiger partial charge in [0.15, 0.2) is 9.84 Å². The first-order chi connectivity index (χ1) is 11.9. The lowest BCUT2D eigenvalue weighted by atomic mass is 10.1. The number of sulfone groups is 1. The summed E-state index contributed by atoms with van der Waals surface area (Å²) < 4.78 is 27.5. The highest BCUT2D eigenvalue weighted by Gasteiger charge is 2.27. The van der Waals surface area contributed by atoms with Crippen LogP contribution in [-0.2, 0) is 19.4 Å². The maximum absolute atomic E-state index is 12.2. The molecule has 0 aliphatic carbocycles. The van der Waals surface area contributed by atoms with Gasteiger partial charge in [0.1, 0.15) is 11.6 Å². The highest BCUT2D eigenvalue weighted by Crippen LogP contribution is 2.17. The third kappa shape index (κ3) is 4.81. The van der Waals surface area contributed by atoms with Gasteiger partial charge in [-0.25, -0.2) is 13.2 Å². The van der Waals surface area contributed by atoms with E-state index in [1.807, 2.05) is 0 Å². The van der Waals surface area contributed by atoms with Gasteiger partial charge in [-0.1, -0.05) is 12.1 Å². The second kappa shape index (κ2) is 7.81. The molecule has 1 saturated heterocycles. The standard InChI is InChI=1S/C16H17N3O5S/c1-24-16(21)13-4-2-3-5-14(13)19-15(20)11(8-17)9-18-12-6-7-25(22,23)10-12/h2-5,9,12,18H,6-7,10H2,1H3,(H,19,20)/b11-9-. The summed E-state index contributed by atoms with van der Waals surface area (Å²) in [4.78, 5) is 23.9. The number of ether oxygens (including phenoxy) is 1. The van der Waals surface area contributed by atoms with Crippen molar-refractivity contribution >= 4 is 27.4 Å². The second-order valence-corrected chi connectivity index (χ2v) is 7.66. The first-order valence-electron chi connectivity index (χ1n) is 7.41. The third-order valence-corrected chi connectivity index (χ3v) is 5.41. The van der Waals surface area contributed by atoms with E-state index in [-0.39, 0.29) is 34.4 Å². The minimum Gasteiger partial charge on any atom is -0.465 e. The Morgan fingerprint density at radius 2 is 2.08 bits per heavy atom. The molecule has 0 spiro atoms. The number of nitrogens with zero attached hydrogens (tertiary/aromatic N) is 1. The number of anilines is 1. The van der Waals surface area contributed by atoms with Crippen LogP contribution in [0.5, 0.6) is 0 Å². The van der Waals surface area contributed by atoms with Crippen LogP contribution in [0, 0.1) is 11.3 Å². The largest absolute Gasteiger partial charge is 0.465 e. The van der Waals surface area contributed by atoms with Crippen molar-refractivity contribution in [3.05, 3.63) is 41.6 Å². The van der Waals surface area contributed by atoms with Crippen molar-refractivity contribution in [3.63, 3.8) is 0 Å². The second-order valence-electron chi connectivity index (χ2n) is 5.43. The Balaban J connectivity index is 2.10. The number of esters is 1. The van der Waals surface area contributed by atoms with Crippen molar-refractivity contribution in [2.45, 2.75) is 12.5 Å². The Labute approximate surface area is 145 Å². The molecule has 9 heteroatoms. The van der Waals surface area contributed by atoms with Crippen LogP contribution in [0.2, 0.25) is 0 Å². The van der Waals surface area contributed by atoms with E-state index >= 15 is 0 Å². The Kier molecular flexibility index (Phi) is 5.77. The lowest BCUT2D eigenvalue weighted by Gasteiger charge is -2.10. The Morgan fingerprint density at radius 1 is 1.36 bits per heavy atom. The van der Waals surface area contributed by atoms with Crippen LogP contribution in [0.1, 0.15) is 16.8 Å². The summed E-state index contributed by atoms with van der Waals surface area (Å²) in [6, 6.07) is 7.66. The van der Waals surface area contributed by atoms with Crippen molar-refractivity contribution in [2.24, 2.45) is 0 Å². The first-order valence-corrected chi connectivity index (χ1v) is 9.24. The number of hydrogen-bond donors (Lipinski definition) is 2. The molecule has 1 fully saturated rings. The predicted molar refractivity (Wildman–Crippen MR) is 90.3 cm³/mol. The van der Waals surface area contributed by atoms with Crippen LogP contribution in [0.3, 0.4) is 0 Å². The molecule has 0 saturated carbocycles. The van der Waals surface area contributed by atoms with E-state index in [2.05, 4.69) is 15.4 Å². The number of nitriles is 1. The minimum atomic E-state index is -3.06. The highest BCUT2D eigenvalue weighted by molar-refractivity contribution is 7.91.